The predicted molar refractivity (Wildman–Crippen MR) is 116 cm³/mol. The van der Waals surface area contributed by atoms with Gasteiger partial charge in [0, 0.05) is 25.6 Å². The summed E-state index contributed by atoms with van der Waals surface area (Å²) in [5.74, 6) is -0.862. The third-order valence-electron chi connectivity index (χ3n) is 4.74. The van der Waals surface area contributed by atoms with Crippen LogP contribution in [0.15, 0.2) is 42.1 Å². The van der Waals surface area contributed by atoms with E-state index in [-0.39, 0.29) is 25.0 Å². The van der Waals surface area contributed by atoms with E-state index in [1.54, 1.807) is 0 Å². The Bertz CT molecular complexity index is 715. The van der Waals surface area contributed by atoms with Crippen LogP contribution in [0.1, 0.15) is 18.4 Å². The maximum absolute atomic E-state index is 12.5. The molecule has 1 saturated heterocycles. The number of likely N-dealkylation sites (tertiary alicyclic amines) is 1. The van der Waals surface area contributed by atoms with Gasteiger partial charge in [-0.15, -0.1) is 0 Å². The molecule has 0 spiro atoms. The van der Waals surface area contributed by atoms with Crippen LogP contribution in [0.25, 0.3) is 0 Å². The zero-order valence-corrected chi connectivity index (χ0v) is 18.6. The van der Waals surface area contributed by atoms with Crippen molar-refractivity contribution >= 4 is 26.4 Å². The topological polar surface area (TPSA) is 75.7 Å². The highest BCUT2D eigenvalue weighted by molar-refractivity contribution is 6.80. The highest BCUT2D eigenvalue weighted by Gasteiger charge is 2.34. The average molecular weight is 417 g/mol. The van der Waals surface area contributed by atoms with Crippen LogP contribution < -0.4 is 5.32 Å². The molecule has 2 atom stereocenters. The Labute approximate surface area is 174 Å². The first-order chi connectivity index (χ1) is 13.8. The Morgan fingerprint density at radius 1 is 1.21 bits per heavy atom. The minimum Gasteiger partial charge on any atom is -0.445 e. The lowest BCUT2D eigenvalue weighted by molar-refractivity contribution is -0.127. The van der Waals surface area contributed by atoms with Gasteiger partial charge in [0.1, 0.15) is 12.9 Å². The Hall–Kier alpha value is -2.41. The van der Waals surface area contributed by atoms with Crippen molar-refractivity contribution in [3.05, 3.63) is 47.7 Å². The molecule has 6 nitrogen and oxygen atoms in total. The molecule has 1 aromatic carbocycles. The van der Waals surface area contributed by atoms with E-state index in [9.17, 15) is 14.4 Å². The molecule has 1 aromatic rings. The fourth-order valence-corrected chi connectivity index (χ4v) is 4.12. The summed E-state index contributed by atoms with van der Waals surface area (Å²) >= 11 is 0. The highest BCUT2D eigenvalue weighted by atomic mass is 28.3. The van der Waals surface area contributed by atoms with Crippen LogP contribution in [-0.4, -0.2) is 50.9 Å². The van der Waals surface area contributed by atoms with Gasteiger partial charge in [-0.3, -0.25) is 4.79 Å². The Balaban J connectivity index is 1.85. The summed E-state index contributed by atoms with van der Waals surface area (Å²) in [6.45, 7) is 8.07. The average Bonchev–Trinajstić information content (AvgIpc) is 2.71. The number of carbonyl (C=O) groups excluding carboxylic acids is 3. The second-order valence-corrected chi connectivity index (χ2v) is 13.7. The summed E-state index contributed by atoms with van der Waals surface area (Å²) < 4.78 is 5.37. The van der Waals surface area contributed by atoms with E-state index in [2.05, 4.69) is 36.7 Å². The Kier molecular flexibility index (Phi) is 8.63. The lowest BCUT2D eigenvalue weighted by Gasteiger charge is -2.34. The number of piperidine rings is 1. The first-order valence-corrected chi connectivity index (χ1v) is 13.7. The van der Waals surface area contributed by atoms with Gasteiger partial charge in [-0.1, -0.05) is 61.7 Å². The van der Waals surface area contributed by atoms with Crippen molar-refractivity contribution < 1.29 is 19.1 Å². The quantitative estimate of drug-likeness (QED) is 0.400. The van der Waals surface area contributed by atoms with E-state index >= 15 is 0 Å². The fraction of sp³-hybridized carbons (Fsp3) is 0.500. The summed E-state index contributed by atoms with van der Waals surface area (Å²) in [4.78, 5) is 37.8. The molecule has 2 rings (SSSR count). The molecule has 1 aliphatic heterocycles. The number of ether oxygens (including phenoxy) is 1. The van der Waals surface area contributed by atoms with Crippen LogP contribution in [0.3, 0.4) is 0 Å². The second-order valence-electron chi connectivity index (χ2n) is 8.62. The van der Waals surface area contributed by atoms with Crippen LogP contribution in [0, 0.1) is 11.8 Å². The molecular weight excluding hydrogens is 384 g/mol. The minimum atomic E-state index is -1.23. The molecule has 1 N–H and O–H groups in total. The monoisotopic (exact) mass is 416 g/mol. The second kappa shape index (κ2) is 10.9. The predicted octanol–water partition coefficient (Wildman–Crippen LogP) is 3.40. The summed E-state index contributed by atoms with van der Waals surface area (Å²) in [7, 11) is -1.23. The molecule has 7 heteroatoms. The first-order valence-electron chi connectivity index (χ1n) is 10.1. The molecule has 0 aromatic heterocycles. The molecule has 0 aliphatic carbocycles. The number of benzene rings is 1. The van der Waals surface area contributed by atoms with Gasteiger partial charge in [-0.2, -0.15) is 0 Å². The summed E-state index contributed by atoms with van der Waals surface area (Å²) in [6, 6.07) is 9.42. The number of amides is 2. The molecule has 0 bridgehead atoms. The van der Waals surface area contributed by atoms with Crippen LogP contribution in [0.5, 0.6) is 0 Å². The van der Waals surface area contributed by atoms with Crippen molar-refractivity contribution in [3.8, 4) is 0 Å². The van der Waals surface area contributed by atoms with Gasteiger partial charge in [0.05, 0.1) is 14.0 Å². The van der Waals surface area contributed by atoms with E-state index in [1.165, 1.54) is 4.90 Å². The Morgan fingerprint density at radius 3 is 2.59 bits per heavy atom. The standard InChI is InChI=1S/C22H32N2O4Si/c1-29(2,3)12-8-7-11-23-21(26)20-13-19(16-25)14-24(15-20)22(27)28-17-18-9-5-4-6-10-18/h4-6,8-10,12,16,19-20H,7,11,13-15,17H2,1-3H3,(H,23,26)/b12-8-/t19-,20+/m0/s1. The lowest BCUT2D eigenvalue weighted by atomic mass is 9.89. The van der Waals surface area contributed by atoms with E-state index in [0.717, 1.165) is 18.3 Å². The van der Waals surface area contributed by atoms with Crippen LogP contribution in [0.2, 0.25) is 19.6 Å². The maximum Gasteiger partial charge on any atom is 0.410 e. The van der Waals surface area contributed by atoms with Crippen LogP contribution in [0.4, 0.5) is 4.79 Å². The van der Waals surface area contributed by atoms with E-state index in [1.807, 2.05) is 30.3 Å². The number of nitrogens with zero attached hydrogens (tertiary/aromatic N) is 1. The largest absolute Gasteiger partial charge is 0.445 e. The number of aldehydes is 1. The number of nitrogens with one attached hydrogen (secondary N) is 1. The molecule has 1 aliphatic rings. The maximum atomic E-state index is 12.5. The van der Waals surface area contributed by atoms with Gasteiger partial charge >= 0.3 is 6.09 Å². The molecule has 1 fully saturated rings. The molecule has 0 unspecified atom stereocenters. The zero-order valence-electron chi connectivity index (χ0n) is 17.6. The molecule has 0 radical (unpaired) electrons. The van der Waals surface area contributed by atoms with Gasteiger partial charge in [0.2, 0.25) is 5.91 Å². The number of hydrogen-bond donors (Lipinski definition) is 1. The third-order valence-corrected chi connectivity index (χ3v) is 5.97. The molecule has 1 heterocycles. The first kappa shape index (κ1) is 22.9. The van der Waals surface area contributed by atoms with Crippen molar-refractivity contribution in [1.82, 2.24) is 10.2 Å². The summed E-state index contributed by atoms with van der Waals surface area (Å²) in [6.07, 6.45) is 3.70. The summed E-state index contributed by atoms with van der Waals surface area (Å²) in [5, 5.41) is 2.93. The van der Waals surface area contributed by atoms with Crippen molar-refractivity contribution in [2.24, 2.45) is 11.8 Å². The smallest absolute Gasteiger partial charge is 0.410 e. The van der Waals surface area contributed by atoms with Crippen LogP contribution in [-0.2, 0) is 20.9 Å². The van der Waals surface area contributed by atoms with Gasteiger partial charge in [-0.05, 0) is 18.4 Å². The van der Waals surface area contributed by atoms with E-state index < -0.39 is 20.1 Å². The van der Waals surface area contributed by atoms with Crippen molar-refractivity contribution in [1.29, 1.82) is 0 Å². The third kappa shape index (κ3) is 8.23. The molecule has 29 heavy (non-hydrogen) atoms. The Morgan fingerprint density at radius 2 is 1.93 bits per heavy atom. The normalized spacial score (nSPS) is 19.8. The number of hydrogen-bond acceptors (Lipinski definition) is 4. The fourth-order valence-electron chi connectivity index (χ4n) is 3.25. The van der Waals surface area contributed by atoms with Crippen molar-refractivity contribution in [2.45, 2.75) is 39.1 Å². The van der Waals surface area contributed by atoms with Crippen LogP contribution >= 0.6 is 0 Å². The molecule has 2 amide bonds. The molecule has 0 saturated carbocycles. The zero-order chi connectivity index (χ0) is 21.3. The van der Waals surface area contributed by atoms with E-state index in [0.29, 0.717) is 19.5 Å². The van der Waals surface area contributed by atoms with Gasteiger partial charge in [0.15, 0.2) is 0 Å². The molecular formula is C22H32N2O4Si. The SMILES string of the molecule is C[Si](C)(C)/C=C\CCNC(=O)[C@@H]1C[C@H](C=O)CN(C(=O)OCc2ccccc2)C1. The lowest BCUT2D eigenvalue weighted by Crippen LogP contribution is -2.49. The molecule has 158 valence electrons. The number of carbonyl (C=O) groups is 3. The van der Waals surface area contributed by atoms with E-state index in [4.69, 9.17) is 4.74 Å². The minimum absolute atomic E-state index is 0.112. The van der Waals surface area contributed by atoms with Gasteiger partial charge in [0.25, 0.3) is 0 Å². The van der Waals surface area contributed by atoms with Gasteiger partial charge in [-0.25, -0.2) is 4.79 Å². The highest BCUT2D eigenvalue weighted by Crippen LogP contribution is 2.22. The number of rotatable bonds is 8. The van der Waals surface area contributed by atoms with Crippen molar-refractivity contribution in [3.63, 3.8) is 0 Å². The van der Waals surface area contributed by atoms with Crippen molar-refractivity contribution in [2.75, 3.05) is 19.6 Å². The van der Waals surface area contributed by atoms with Gasteiger partial charge < -0.3 is 19.7 Å². The summed E-state index contributed by atoms with van der Waals surface area (Å²) in [5.41, 5.74) is 3.15.